The summed E-state index contributed by atoms with van der Waals surface area (Å²) in [7, 11) is 0. The van der Waals surface area contributed by atoms with Gasteiger partial charge >= 0.3 is 0 Å². The van der Waals surface area contributed by atoms with Gasteiger partial charge in [-0.3, -0.25) is 4.79 Å². The number of hydrogen-bond donors (Lipinski definition) is 3. The van der Waals surface area contributed by atoms with E-state index in [4.69, 9.17) is 4.74 Å². The molecule has 0 aromatic heterocycles. The normalized spacial score (nSPS) is 15.0. The number of nitrogens with one attached hydrogen (secondary N) is 3. The van der Waals surface area contributed by atoms with Crippen molar-refractivity contribution < 1.29 is 9.53 Å². The molecule has 1 aromatic carbocycles. The molecule has 1 aliphatic carbocycles. The summed E-state index contributed by atoms with van der Waals surface area (Å²) in [6, 6.07) is 6.26. The highest BCUT2D eigenvalue weighted by atomic mass is 16.5. The number of carbonyl (C=O) groups excluding carboxylic acids is 1. The second-order valence-corrected chi connectivity index (χ2v) is 6.64. The summed E-state index contributed by atoms with van der Waals surface area (Å²) in [5, 5.41) is 9.01. The molecule has 0 atom stereocenters. The number of aryl methyl sites for hydroxylation is 1. The van der Waals surface area contributed by atoms with Crippen LogP contribution in [-0.2, 0) is 11.3 Å². The molecule has 1 fully saturated rings. The van der Waals surface area contributed by atoms with E-state index in [1.807, 2.05) is 13.8 Å². The summed E-state index contributed by atoms with van der Waals surface area (Å²) in [5.41, 5.74) is 2.25. The minimum absolute atomic E-state index is 0.0429. The van der Waals surface area contributed by atoms with Crippen molar-refractivity contribution in [2.75, 3.05) is 19.6 Å². The first-order valence-corrected chi connectivity index (χ1v) is 9.67. The van der Waals surface area contributed by atoms with Crippen LogP contribution in [0.5, 0.6) is 5.75 Å². The summed E-state index contributed by atoms with van der Waals surface area (Å²) in [4.78, 5) is 16.2. The Morgan fingerprint density at radius 3 is 2.58 bits per heavy atom. The van der Waals surface area contributed by atoms with Gasteiger partial charge in [0.15, 0.2) is 5.96 Å². The number of likely N-dealkylation sites (N-methyl/N-ethyl adjacent to an activating group) is 1. The molecule has 3 N–H and O–H groups in total. The number of rotatable bonds is 8. The highest BCUT2D eigenvalue weighted by Crippen LogP contribution is 2.28. The predicted octanol–water partition coefficient (Wildman–Crippen LogP) is 2.51. The van der Waals surface area contributed by atoms with Crippen molar-refractivity contribution in [2.45, 2.75) is 59.1 Å². The fourth-order valence-electron chi connectivity index (χ4n) is 3.02. The fourth-order valence-corrected chi connectivity index (χ4v) is 3.02. The molecule has 6 heteroatoms. The lowest BCUT2D eigenvalue weighted by molar-refractivity contribution is -0.119. The predicted molar refractivity (Wildman–Crippen MR) is 106 cm³/mol. The average molecular weight is 361 g/mol. The number of guanidine groups is 1. The SMILES string of the molecule is CCNC(=O)CNC(=NCc1ccc(C)cc1OC1CCCC1)NCC. The summed E-state index contributed by atoms with van der Waals surface area (Å²) < 4.78 is 6.24. The van der Waals surface area contributed by atoms with Crippen molar-refractivity contribution in [3.05, 3.63) is 29.3 Å². The van der Waals surface area contributed by atoms with Gasteiger partial charge in [-0.25, -0.2) is 4.99 Å². The van der Waals surface area contributed by atoms with Crippen molar-refractivity contribution in [1.82, 2.24) is 16.0 Å². The van der Waals surface area contributed by atoms with E-state index >= 15 is 0 Å². The van der Waals surface area contributed by atoms with Gasteiger partial charge in [0, 0.05) is 18.7 Å². The maximum atomic E-state index is 11.6. The zero-order valence-corrected chi connectivity index (χ0v) is 16.2. The first kappa shape index (κ1) is 20.1. The van der Waals surface area contributed by atoms with Gasteiger partial charge in [-0.15, -0.1) is 0 Å². The summed E-state index contributed by atoms with van der Waals surface area (Å²) in [6.07, 6.45) is 5.08. The van der Waals surface area contributed by atoms with Crippen LogP contribution in [0.4, 0.5) is 0 Å². The molecule has 0 spiro atoms. The van der Waals surface area contributed by atoms with Crippen LogP contribution < -0.4 is 20.7 Å². The van der Waals surface area contributed by atoms with Crippen LogP contribution in [0.3, 0.4) is 0 Å². The number of aliphatic imine (C=N–C) groups is 1. The van der Waals surface area contributed by atoms with Crippen LogP contribution in [0.15, 0.2) is 23.2 Å². The molecule has 144 valence electrons. The highest BCUT2D eigenvalue weighted by Gasteiger charge is 2.18. The number of nitrogens with zero attached hydrogens (tertiary/aromatic N) is 1. The van der Waals surface area contributed by atoms with Crippen LogP contribution in [-0.4, -0.2) is 37.6 Å². The summed E-state index contributed by atoms with van der Waals surface area (Å²) in [5.74, 6) is 1.52. The van der Waals surface area contributed by atoms with Crippen molar-refractivity contribution in [3.8, 4) is 5.75 Å². The minimum atomic E-state index is -0.0429. The van der Waals surface area contributed by atoms with Crippen molar-refractivity contribution in [2.24, 2.45) is 4.99 Å². The van der Waals surface area contributed by atoms with Crippen LogP contribution in [0.2, 0.25) is 0 Å². The third-order valence-corrected chi connectivity index (χ3v) is 4.36. The van der Waals surface area contributed by atoms with E-state index < -0.39 is 0 Å². The Morgan fingerprint density at radius 1 is 1.15 bits per heavy atom. The zero-order valence-electron chi connectivity index (χ0n) is 16.2. The molecule has 0 unspecified atom stereocenters. The van der Waals surface area contributed by atoms with E-state index in [1.54, 1.807) is 0 Å². The molecule has 1 aliphatic rings. The van der Waals surface area contributed by atoms with Crippen LogP contribution in [0.25, 0.3) is 0 Å². The zero-order chi connectivity index (χ0) is 18.8. The van der Waals surface area contributed by atoms with Crippen molar-refractivity contribution in [1.29, 1.82) is 0 Å². The van der Waals surface area contributed by atoms with E-state index in [9.17, 15) is 4.79 Å². The first-order chi connectivity index (χ1) is 12.6. The molecule has 1 amide bonds. The minimum Gasteiger partial charge on any atom is -0.490 e. The molecule has 0 heterocycles. The molecule has 0 saturated heterocycles. The van der Waals surface area contributed by atoms with Gasteiger partial charge in [0.1, 0.15) is 5.75 Å². The Hall–Kier alpha value is -2.24. The lowest BCUT2D eigenvalue weighted by Gasteiger charge is -2.17. The molecule has 26 heavy (non-hydrogen) atoms. The number of ether oxygens (including phenoxy) is 1. The molecular formula is C20H32N4O2. The van der Waals surface area contributed by atoms with Crippen LogP contribution in [0, 0.1) is 6.92 Å². The lowest BCUT2D eigenvalue weighted by atomic mass is 10.1. The molecule has 1 aromatic rings. The van der Waals surface area contributed by atoms with Gasteiger partial charge in [-0.2, -0.15) is 0 Å². The molecule has 0 bridgehead atoms. The summed E-state index contributed by atoms with van der Waals surface area (Å²) >= 11 is 0. The van der Waals surface area contributed by atoms with E-state index in [1.165, 1.54) is 18.4 Å². The average Bonchev–Trinajstić information content (AvgIpc) is 3.12. The van der Waals surface area contributed by atoms with Crippen molar-refractivity contribution in [3.63, 3.8) is 0 Å². The van der Waals surface area contributed by atoms with E-state index in [0.717, 1.165) is 30.7 Å². The maximum absolute atomic E-state index is 11.6. The smallest absolute Gasteiger partial charge is 0.239 e. The number of carbonyl (C=O) groups is 1. The molecule has 0 aliphatic heterocycles. The Labute approximate surface area is 156 Å². The molecule has 1 saturated carbocycles. The van der Waals surface area contributed by atoms with Gasteiger partial charge in [-0.1, -0.05) is 12.1 Å². The van der Waals surface area contributed by atoms with Gasteiger partial charge in [0.25, 0.3) is 0 Å². The van der Waals surface area contributed by atoms with Crippen LogP contribution in [0.1, 0.15) is 50.7 Å². The molecule has 6 nitrogen and oxygen atoms in total. The third kappa shape index (κ3) is 6.58. The quantitative estimate of drug-likeness (QED) is 0.492. The number of hydrogen-bond acceptors (Lipinski definition) is 3. The second kappa shape index (κ2) is 10.7. The Morgan fingerprint density at radius 2 is 1.88 bits per heavy atom. The first-order valence-electron chi connectivity index (χ1n) is 9.67. The highest BCUT2D eigenvalue weighted by molar-refractivity contribution is 5.86. The summed E-state index contributed by atoms with van der Waals surface area (Å²) in [6.45, 7) is 8.06. The topological polar surface area (TPSA) is 74.8 Å². The van der Waals surface area contributed by atoms with Crippen molar-refractivity contribution >= 4 is 11.9 Å². The molecule has 2 rings (SSSR count). The fraction of sp³-hybridized carbons (Fsp3) is 0.600. The van der Waals surface area contributed by atoms with Gasteiger partial charge in [0.05, 0.1) is 19.2 Å². The Bertz CT molecular complexity index is 610. The monoisotopic (exact) mass is 360 g/mol. The Kier molecular flexibility index (Phi) is 8.25. The van der Waals surface area contributed by atoms with Crippen LogP contribution >= 0.6 is 0 Å². The lowest BCUT2D eigenvalue weighted by Crippen LogP contribution is -2.43. The van der Waals surface area contributed by atoms with Gasteiger partial charge in [-0.05, 0) is 58.1 Å². The largest absolute Gasteiger partial charge is 0.490 e. The maximum Gasteiger partial charge on any atom is 0.239 e. The standard InChI is InChI=1S/C20H32N4O2/c1-4-21-19(25)14-24-20(22-5-2)23-13-16-11-10-15(3)12-18(16)26-17-8-6-7-9-17/h10-12,17H,4-9,13-14H2,1-3H3,(H,21,25)(H2,22,23,24). The second-order valence-electron chi connectivity index (χ2n) is 6.64. The Balaban J connectivity index is 2.03. The molecule has 0 radical (unpaired) electrons. The van der Waals surface area contributed by atoms with E-state index in [2.05, 4.69) is 46.1 Å². The van der Waals surface area contributed by atoms with Gasteiger partial charge < -0.3 is 20.7 Å². The van der Waals surface area contributed by atoms with Gasteiger partial charge in [0.2, 0.25) is 5.91 Å². The van der Waals surface area contributed by atoms with E-state index in [-0.39, 0.29) is 12.5 Å². The number of benzene rings is 1. The number of amides is 1. The molecular weight excluding hydrogens is 328 g/mol. The third-order valence-electron chi connectivity index (χ3n) is 4.36. The van der Waals surface area contributed by atoms with E-state index in [0.29, 0.717) is 25.2 Å².